The number of carbonyl (C=O) groups excluding carboxylic acids is 1. The first-order chi connectivity index (χ1) is 7.54. The fraction of sp³-hybridized carbons (Fsp3) is 0.917. The molecule has 4 nitrogen and oxygen atoms in total. The quantitative estimate of drug-likeness (QED) is 0.486. The predicted molar refractivity (Wildman–Crippen MR) is 62.2 cm³/mol. The molecule has 0 unspecified atom stereocenters. The van der Waals surface area contributed by atoms with Crippen LogP contribution in [0.15, 0.2) is 0 Å². The van der Waals surface area contributed by atoms with E-state index in [1.807, 2.05) is 13.8 Å². The molecule has 0 aliphatic rings. The van der Waals surface area contributed by atoms with Gasteiger partial charge in [-0.15, -0.1) is 0 Å². The van der Waals surface area contributed by atoms with E-state index in [-0.39, 0.29) is 25.8 Å². The number of aliphatic hydroxyl groups is 1. The highest BCUT2D eigenvalue weighted by atomic mass is 16.6. The lowest BCUT2D eigenvalue weighted by Crippen LogP contribution is -2.27. The van der Waals surface area contributed by atoms with Gasteiger partial charge in [-0.2, -0.15) is 0 Å². The highest BCUT2D eigenvalue weighted by Crippen LogP contribution is 2.24. The molecule has 1 N–H and O–H groups in total. The van der Waals surface area contributed by atoms with E-state index in [1.165, 1.54) is 0 Å². The van der Waals surface area contributed by atoms with Crippen molar-refractivity contribution in [2.75, 3.05) is 26.4 Å². The Labute approximate surface area is 97.9 Å². The second kappa shape index (κ2) is 8.53. The first kappa shape index (κ1) is 15.4. The van der Waals surface area contributed by atoms with Gasteiger partial charge in [0, 0.05) is 0 Å². The average molecular weight is 232 g/mol. The number of rotatable bonds is 9. The van der Waals surface area contributed by atoms with Crippen molar-refractivity contribution in [2.24, 2.45) is 5.41 Å². The number of unbranched alkanes of at least 4 members (excludes halogenated alkanes) is 1. The summed E-state index contributed by atoms with van der Waals surface area (Å²) in [6.45, 7) is 6.79. The maximum atomic E-state index is 11.7. The first-order valence-electron chi connectivity index (χ1n) is 5.90. The van der Waals surface area contributed by atoms with Crippen LogP contribution in [0.3, 0.4) is 0 Å². The molecule has 0 spiro atoms. The molecule has 0 aliphatic carbocycles. The largest absolute Gasteiger partial charge is 0.463 e. The van der Waals surface area contributed by atoms with Crippen molar-refractivity contribution in [1.82, 2.24) is 0 Å². The second-order valence-corrected chi connectivity index (χ2v) is 4.46. The first-order valence-corrected chi connectivity index (χ1v) is 5.90. The van der Waals surface area contributed by atoms with Gasteiger partial charge < -0.3 is 14.6 Å². The van der Waals surface area contributed by atoms with Gasteiger partial charge >= 0.3 is 5.97 Å². The van der Waals surface area contributed by atoms with Crippen molar-refractivity contribution in [1.29, 1.82) is 0 Å². The van der Waals surface area contributed by atoms with Gasteiger partial charge in [0.25, 0.3) is 0 Å². The standard InChI is InChI=1S/C12H24O4/c1-4-5-6-12(2,3)11(14)16-10-9-15-8-7-13/h13H,4-10H2,1-3H3. The third kappa shape index (κ3) is 6.80. The highest BCUT2D eigenvalue weighted by molar-refractivity contribution is 5.75. The fourth-order valence-electron chi connectivity index (χ4n) is 1.28. The van der Waals surface area contributed by atoms with E-state index in [9.17, 15) is 4.79 Å². The molecule has 4 heteroatoms. The van der Waals surface area contributed by atoms with Crippen molar-refractivity contribution in [3.05, 3.63) is 0 Å². The van der Waals surface area contributed by atoms with Crippen molar-refractivity contribution in [2.45, 2.75) is 40.0 Å². The summed E-state index contributed by atoms with van der Waals surface area (Å²) in [6.07, 6.45) is 2.96. The summed E-state index contributed by atoms with van der Waals surface area (Å²) in [5.41, 5.74) is -0.410. The molecular weight excluding hydrogens is 208 g/mol. The Bertz CT molecular complexity index is 189. The fourth-order valence-corrected chi connectivity index (χ4v) is 1.28. The van der Waals surface area contributed by atoms with Gasteiger partial charge in [-0.25, -0.2) is 0 Å². The molecule has 0 radical (unpaired) electrons. The van der Waals surface area contributed by atoms with E-state index >= 15 is 0 Å². The monoisotopic (exact) mass is 232 g/mol. The van der Waals surface area contributed by atoms with Crippen LogP contribution in [0.2, 0.25) is 0 Å². The summed E-state index contributed by atoms with van der Waals surface area (Å²) in [4.78, 5) is 11.7. The van der Waals surface area contributed by atoms with Crippen LogP contribution in [0.5, 0.6) is 0 Å². The van der Waals surface area contributed by atoms with E-state index in [2.05, 4.69) is 6.92 Å². The number of aliphatic hydroxyl groups excluding tert-OH is 1. The maximum absolute atomic E-state index is 11.7. The summed E-state index contributed by atoms with van der Waals surface area (Å²) >= 11 is 0. The predicted octanol–water partition coefficient (Wildman–Crippen LogP) is 1.75. The Kier molecular flexibility index (Phi) is 8.21. The summed E-state index contributed by atoms with van der Waals surface area (Å²) < 4.78 is 10.1. The smallest absolute Gasteiger partial charge is 0.311 e. The number of hydrogen-bond donors (Lipinski definition) is 1. The third-order valence-electron chi connectivity index (χ3n) is 2.40. The van der Waals surface area contributed by atoms with Gasteiger partial charge in [-0.3, -0.25) is 4.79 Å². The van der Waals surface area contributed by atoms with Crippen LogP contribution in [0, 0.1) is 5.41 Å². The molecule has 0 aromatic rings. The molecule has 0 heterocycles. The Balaban J connectivity index is 3.69. The lowest BCUT2D eigenvalue weighted by molar-refractivity contribution is -0.156. The minimum Gasteiger partial charge on any atom is -0.463 e. The highest BCUT2D eigenvalue weighted by Gasteiger charge is 2.28. The number of hydrogen-bond acceptors (Lipinski definition) is 4. The summed E-state index contributed by atoms with van der Waals surface area (Å²) in [5, 5.41) is 8.47. The minimum atomic E-state index is -0.410. The van der Waals surface area contributed by atoms with Gasteiger partial charge in [0.2, 0.25) is 0 Å². The summed E-state index contributed by atoms with van der Waals surface area (Å²) in [7, 11) is 0. The Morgan fingerprint density at radius 2 is 1.94 bits per heavy atom. The van der Waals surface area contributed by atoms with Crippen LogP contribution in [0.4, 0.5) is 0 Å². The Morgan fingerprint density at radius 1 is 1.25 bits per heavy atom. The molecule has 16 heavy (non-hydrogen) atoms. The molecule has 96 valence electrons. The van der Waals surface area contributed by atoms with Crippen LogP contribution >= 0.6 is 0 Å². The molecule has 0 fully saturated rings. The van der Waals surface area contributed by atoms with Crippen LogP contribution in [0.1, 0.15) is 40.0 Å². The van der Waals surface area contributed by atoms with Gasteiger partial charge in [0.1, 0.15) is 6.61 Å². The van der Waals surface area contributed by atoms with Gasteiger partial charge in [0.15, 0.2) is 0 Å². The van der Waals surface area contributed by atoms with Crippen molar-refractivity contribution >= 4 is 5.97 Å². The number of ether oxygens (including phenoxy) is 2. The molecule has 0 saturated heterocycles. The maximum Gasteiger partial charge on any atom is 0.311 e. The Hall–Kier alpha value is -0.610. The molecule has 0 aromatic heterocycles. The Morgan fingerprint density at radius 3 is 2.50 bits per heavy atom. The SMILES string of the molecule is CCCCC(C)(C)C(=O)OCCOCCO. The summed E-state index contributed by atoms with van der Waals surface area (Å²) in [6, 6.07) is 0. The van der Waals surface area contributed by atoms with Crippen LogP contribution < -0.4 is 0 Å². The molecule has 0 aromatic carbocycles. The van der Waals surface area contributed by atoms with Crippen LogP contribution in [0.25, 0.3) is 0 Å². The van der Waals surface area contributed by atoms with Crippen molar-refractivity contribution < 1.29 is 19.4 Å². The van der Waals surface area contributed by atoms with Gasteiger partial charge in [0.05, 0.1) is 25.2 Å². The number of carbonyl (C=O) groups is 1. The zero-order valence-corrected chi connectivity index (χ0v) is 10.6. The normalized spacial score (nSPS) is 11.5. The van der Waals surface area contributed by atoms with E-state index in [0.29, 0.717) is 6.61 Å². The molecule has 0 amide bonds. The average Bonchev–Trinajstić information content (AvgIpc) is 2.26. The minimum absolute atomic E-state index is 0.00403. The molecule has 0 atom stereocenters. The van der Waals surface area contributed by atoms with Gasteiger partial charge in [-0.1, -0.05) is 19.8 Å². The molecule has 0 aliphatic heterocycles. The molecule has 0 bridgehead atoms. The summed E-state index contributed by atoms with van der Waals surface area (Å²) in [5.74, 6) is -0.173. The third-order valence-corrected chi connectivity index (χ3v) is 2.40. The van der Waals surface area contributed by atoms with Crippen LogP contribution in [-0.4, -0.2) is 37.5 Å². The molecule has 0 saturated carbocycles. The molecule has 0 rings (SSSR count). The van der Waals surface area contributed by atoms with Gasteiger partial charge in [-0.05, 0) is 20.3 Å². The van der Waals surface area contributed by atoms with E-state index in [4.69, 9.17) is 14.6 Å². The zero-order chi connectivity index (χ0) is 12.4. The molecular formula is C12H24O4. The topological polar surface area (TPSA) is 55.8 Å². The second-order valence-electron chi connectivity index (χ2n) is 4.46. The lowest BCUT2D eigenvalue weighted by atomic mass is 9.87. The van der Waals surface area contributed by atoms with E-state index in [0.717, 1.165) is 19.3 Å². The zero-order valence-electron chi connectivity index (χ0n) is 10.6. The van der Waals surface area contributed by atoms with E-state index in [1.54, 1.807) is 0 Å². The van der Waals surface area contributed by atoms with E-state index < -0.39 is 5.41 Å². The lowest BCUT2D eigenvalue weighted by Gasteiger charge is -2.22. The van der Waals surface area contributed by atoms with Crippen molar-refractivity contribution in [3.63, 3.8) is 0 Å². The van der Waals surface area contributed by atoms with Crippen molar-refractivity contribution in [3.8, 4) is 0 Å². The number of esters is 1. The van der Waals surface area contributed by atoms with Crippen LogP contribution in [-0.2, 0) is 14.3 Å².